The van der Waals surface area contributed by atoms with Crippen molar-refractivity contribution < 1.29 is 9.13 Å². The average molecular weight is 270 g/mol. The number of halogens is 2. The van der Waals surface area contributed by atoms with Crippen molar-refractivity contribution in [1.29, 1.82) is 0 Å². The third-order valence-corrected chi connectivity index (χ3v) is 3.93. The Morgan fingerprint density at radius 3 is 3.00 bits per heavy atom. The Kier molecular flexibility index (Phi) is 2.68. The van der Waals surface area contributed by atoms with Crippen molar-refractivity contribution in [3.63, 3.8) is 0 Å². The average Bonchev–Trinajstić information content (AvgIpc) is 2.75. The number of hydrogen-bond donors (Lipinski definition) is 1. The number of rotatable bonds is 1. The van der Waals surface area contributed by atoms with Crippen LogP contribution in [0.15, 0.2) is 30.3 Å². The van der Waals surface area contributed by atoms with E-state index in [0.717, 1.165) is 14.9 Å². The van der Waals surface area contributed by atoms with Crippen molar-refractivity contribution in [2.45, 2.75) is 6.10 Å². The van der Waals surface area contributed by atoms with Gasteiger partial charge in [-0.25, -0.2) is 4.39 Å². The van der Waals surface area contributed by atoms with Crippen LogP contribution in [-0.2, 0) is 0 Å². The second kappa shape index (κ2) is 4.20. The summed E-state index contributed by atoms with van der Waals surface area (Å²) in [7, 11) is 0. The normalized spacial score (nSPS) is 18.1. The molecule has 1 aromatic heterocycles. The van der Waals surface area contributed by atoms with Crippen molar-refractivity contribution >= 4 is 28.6 Å². The molecule has 0 fully saturated rings. The number of ether oxygens (including phenoxy) is 1. The van der Waals surface area contributed by atoms with Gasteiger partial charge in [-0.05, 0) is 24.3 Å². The molecule has 0 amide bonds. The van der Waals surface area contributed by atoms with Crippen LogP contribution in [0.4, 0.5) is 10.1 Å². The molecule has 5 heteroatoms. The summed E-state index contributed by atoms with van der Waals surface area (Å²) in [5, 5.41) is 3.22. The van der Waals surface area contributed by atoms with Crippen LogP contribution in [0.25, 0.3) is 0 Å². The number of fused-ring (bicyclic) bond motifs is 1. The van der Waals surface area contributed by atoms with Crippen LogP contribution in [0.2, 0.25) is 4.34 Å². The fourth-order valence-corrected chi connectivity index (χ4v) is 2.89. The van der Waals surface area contributed by atoms with Gasteiger partial charge >= 0.3 is 0 Å². The van der Waals surface area contributed by atoms with Crippen LogP contribution in [-0.4, -0.2) is 6.54 Å². The van der Waals surface area contributed by atoms with E-state index in [1.165, 1.54) is 23.5 Å². The van der Waals surface area contributed by atoms with E-state index < -0.39 is 0 Å². The molecule has 0 saturated carbocycles. The first-order valence-corrected chi connectivity index (χ1v) is 6.37. The molecule has 17 heavy (non-hydrogen) atoms. The van der Waals surface area contributed by atoms with E-state index in [1.54, 1.807) is 6.07 Å². The van der Waals surface area contributed by atoms with Gasteiger partial charge in [0.1, 0.15) is 11.6 Å². The highest BCUT2D eigenvalue weighted by atomic mass is 35.5. The molecule has 2 aromatic rings. The molecular weight excluding hydrogens is 261 g/mol. The van der Waals surface area contributed by atoms with E-state index in [4.69, 9.17) is 16.3 Å². The van der Waals surface area contributed by atoms with Gasteiger partial charge in [0.2, 0.25) is 0 Å². The molecule has 1 atom stereocenters. The van der Waals surface area contributed by atoms with Gasteiger partial charge in [-0.15, -0.1) is 11.3 Å². The highest BCUT2D eigenvalue weighted by molar-refractivity contribution is 7.16. The zero-order chi connectivity index (χ0) is 11.8. The molecule has 1 aliphatic rings. The first-order valence-electron chi connectivity index (χ1n) is 5.18. The second-order valence-electron chi connectivity index (χ2n) is 3.77. The molecule has 1 aliphatic heterocycles. The quantitative estimate of drug-likeness (QED) is 0.842. The molecule has 0 radical (unpaired) electrons. The fourth-order valence-electron chi connectivity index (χ4n) is 1.80. The molecule has 1 aromatic carbocycles. The van der Waals surface area contributed by atoms with Crippen molar-refractivity contribution in [3.8, 4) is 5.75 Å². The number of thiophene rings is 1. The summed E-state index contributed by atoms with van der Waals surface area (Å²) in [5.74, 6) is 0.251. The van der Waals surface area contributed by atoms with E-state index in [0.29, 0.717) is 12.3 Å². The van der Waals surface area contributed by atoms with Crippen molar-refractivity contribution in [2.75, 3.05) is 11.9 Å². The summed E-state index contributed by atoms with van der Waals surface area (Å²) in [6, 6.07) is 8.26. The first-order chi connectivity index (χ1) is 8.22. The predicted molar refractivity (Wildman–Crippen MR) is 67.6 cm³/mol. The lowest BCUT2D eigenvalue weighted by atomic mass is 10.2. The predicted octanol–water partition coefficient (Wildman–Crippen LogP) is 4.09. The van der Waals surface area contributed by atoms with Crippen LogP contribution in [0.5, 0.6) is 5.75 Å². The van der Waals surface area contributed by atoms with Gasteiger partial charge in [-0.1, -0.05) is 11.6 Å². The second-order valence-corrected chi connectivity index (χ2v) is 5.52. The lowest BCUT2D eigenvalue weighted by Gasteiger charge is -2.26. The van der Waals surface area contributed by atoms with E-state index in [1.807, 2.05) is 12.1 Å². The monoisotopic (exact) mass is 269 g/mol. The summed E-state index contributed by atoms with van der Waals surface area (Å²) in [6.45, 7) is 0.662. The number of hydrogen-bond acceptors (Lipinski definition) is 3. The smallest absolute Gasteiger partial charge is 0.150 e. The number of nitrogens with one attached hydrogen (secondary N) is 1. The summed E-state index contributed by atoms with van der Waals surface area (Å²) in [6.07, 6.45) is -0.109. The Labute approximate surface area is 107 Å². The Morgan fingerprint density at radius 1 is 1.35 bits per heavy atom. The minimum atomic E-state index is -0.296. The summed E-state index contributed by atoms with van der Waals surface area (Å²) in [5.41, 5.74) is 0.824. The zero-order valence-corrected chi connectivity index (χ0v) is 10.3. The van der Waals surface area contributed by atoms with Gasteiger partial charge in [0.25, 0.3) is 0 Å². The molecule has 2 heterocycles. The first kappa shape index (κ1) is 10.9. The van der Waals surface area contributed by atoms with Crippen molar-refractivity contribution in [3.05, 3.63) is 45.4 Å². The maximum Gasteiger partial charge on any atom is 0.150 e. The Hall–Kier alpha value is -1.26. The minimum Gasteiger partial charge on any atom is -0.481 e. The molecule has 1 unspecified atom stereocenters. The molecule has 0 spiro atoms. The third kappa shape index (κ3) is 2.10. The van der Waals surface area contributed by atoms with Gasteiger partial charge in [0.15, 0.2) is 6.10 Å². The largest absolute Gasteiger partial charge is 0.481 e. The summed E-state index contributed by atoms with van der Waals surface area (Å²) < 4.78 is 19.6. The van der Waals surface area contributed by atoms with E-state index in [2.05, 4.69) is 5.32 Å². The molecule has 1 N–H and O–H groups in total. The standard InChI is InChI=1S/C12H9ClFNOS/c13-12-4-3-11(17-12)10-6-15-8-2-1-7(14)5-9(8)16-10/h1-5,10,15H,6H2. The van der Waals surface area contributed by atoms with Crippen LogP contribution >= 0.6 is 22.9 Å². The third-order valence-electron chi connectivity index (χ3n) is 2.60. The lowest BCUT2D eigenvalue weighted by molar-refractivity contribution is 0.213. The number of benzene rings is 1. The molecule has 3 rings (SSSR count). The van der Waals surface area contributed by atoms with E-state index in [9.17, 15) is 4.39 Å². The lowest BCUT2D eigenvalue weighted by Crippen LogP contribution is -2.22. The molecule has 88 valence electrons. The fraction of sp³-hybridized carbons (Fsp3) is 0.167. The molecular formula is C12H9ClFNOS. The van der Waals surface area contributed by atoms with Gasteiger partial charge in [-0.2, -0.15) is 0 Å². The van der Waals surface area contributed by atoms with Crippen LogP contribution in [0.3, 0.4) is 0 Å². The van der Waals surface area contributed by atoms with Gasteiger partial charge in [0, 0.05) is 10.9 Å². The van der Waals surface area contributed by atoms with E-state index in [-0.39, 0.29) is 11.9 Å². The molecule has 0 aliphatic carbocycles. The van der Waals surface area contributed by atoms with Gasteiger partial charge < -0.3 is 10.1 Å². The van der Waals surface area contributed by atoms with Crippen molar-refractivity contribution in [2.24, 2.45) is 0 Å². The zero-order valence-electron chi connectivity index (χ0n) is 8.74. The SMILES string of the molecule is Fc1ccc2c(c1)OC(c1ccc(Cl)s1)CN2. The van der Waals surface area contributed by atoms with Crippen LogP contribution in [0.1, 0.15) is 11.0 Å². The molecule has 0 bridgehead atoms. The van der Waals surface area contributed by atoms with Gasteiger partial charge in [0.05, 0.1) is 16.6 Å². The maximum atomic E-state index is 13.1. The minimum absolute atomic E-state index is 0.109. The molecule has 0 saturated heterocycles. The Bertz CT molecular complexity index is 557. The van der Waals surface area contributed by atoms with Crippen LogP contribution < -0.4 is 10.1 Å². The van der Waals surface area contributed by atoms with E-state index >= 15 is 0 Å². The highest BCUT2D eigenvalue weighted by Gasteiger charge is 2.22. The Morgan fingerprint density at radius 2 is 2.24 bits per heavy atom. The highest BCUT2D eigenvalue weighted by Crippen LogP contribution is 2.37. The molecule has 2 nitrogen and oxygen atoms in total. The van der Waals surface area contributed by atoms with Crippen molar-refractivity contribution in [1.82, 2.24) is 0 Å². The topological polar surface area (TPSA) is 21.3 Å². The summed E-state index contributed by atoms with van der Waals surface area (Å²) >= 11 is 7.37. The summed E-state index contributed by atoms with van der Waals surface area (Å²) in [4.78, 5) is 1.04. The maximum absolute atomic E-state index is 13.1. The van der Waals surface area contributed by atoms with Crippen LogP contribution in [0, 0.1) is 5.82 Å². The Balaban J connectivity index is 1.89. The number of anilines is 1. The van der Waals surface area contributed by atoms with Gasteiger partial charge in [-0.3, -0.25) is 0 Å².